The predicted molar refractivity (Wildman–Crippen MR) is 90.9 cm³/mol. The molecule has 1 aromatic carbocycles. The van der Waals surface area contributed by atoms with Gasteiger partial charge >= 0.3 is 0 Å². The van der Waals surface area contributed by atoms with E-state index in [0.29, 0.717) is 12.0 Å². The van der Waals surface area contributed by atoms with E-state index in [1.54, 1.807) is 7.11 Å². The van der Waals surface area contributed by atoms with E-state index in [-0.39, 0.29) is 0 Å². The van der Waals surface area contributed by atoms with Gasteiger partial charge in [0, 0.05) is 28.5 Å². The van der Waals surface area contributed by atoms with Gasteiger partial charge in [-0.15, -0.1) is 0 Å². The van der Waals surface area contributed by atoms with Crippen molar-refractivity contribution in [1.82, 2.24) is 9.88 Å². The van der Waals surface area contributed by atoms with Crippen LogP contribution >= 0.6 is 15.9 Å². The smallest absolute Gasteiger partial charge is 0.123 e. The van der Waals surface area contributed by atoms with Crippen molar-refractivity contribution < 1.29 is 4.74 Å². The first-order valence-corrected chi connectivity index (χ1v) is 7.99. The van der Waals surface area contributed by atoms with Crippen LogP contribution in [0.2, 0.25) is 0 Å². The summed E-state index contributed by atoms with van der Waals surface area (Å²) in [6, 6.07) is 8.67. The molecule has 0 aliphatic heterocycles. The lowest BCUT2D eigenvalue weighted by Gasteiger charge is -2.18. The highest BCUT2D eigenvalue weighted by atomic mass is 79.9. The van der Waals surface area contributed by atoms with Crippen molar-refractivity contribution in [1.29, 1.82) is 0 Å². The molecule has 2 aromatic rings. The van der Waals surface area contributed by atoms with E-state index in [4.69, 9.17) is 4.74 Å². The maximum absolute atomic E-state index is 5.44. The van der Waals surface area contributed by atoms with Crippen LogP contribution in [0.3, 0.4) is 0 Å². The summed E-state index contributed by atoms with van der Waals surface area (Å²) < 4.78 is 8.71. The van der Waals surface area contributed by atoms with Crippen molar-refractivity contribution in [2.45, 2.75) is 26.4 Å². The fourth-order valence-corrected chi connectivity index (χ4v) is 3.10. The third kappa shape index (κ3) is 3.89. The zero-order chi connectivity index (χ0) is 15.4. The summed E-state index contributed by atoms with van der Waals surface area (Å²) in [5, 5.41) is 3.38. The fraction of sp³-hybridized carbons (Fsp3) is 0.412. The summed E-state index contributed by atoms with van der Waals surface area (Å²) >= 11 is 3.52. The molecule has 0 spiro atoms. The van der Waals surface area contributed by atoms with Crippen LogP contribution in [0.1, 0.15) is 31.0 Å². The summed E-state index contributed by atoms with van der Waals surface area (Å²) in [5.74, 6) is 1.48. The van der Waals surface area contributed by atoms with Gasteiger partial charge in [-0.1, -0.05) is 29.8 Å². The van der Waals surface area contributed by atoms with Crippen molar-refractivity contribution >= 4 is 15.9 Å². The van der Waals surface area contributed by atoms with Crippen LogP contribution in [0.15, 0.2) is 41.1 Å². The monoisotopic (exact) mass is 350 g/mol. The van der Waals surface area contributed by atoms with Crippen LogP contribution < -0.4 is 10.1 Å². The number of benzene rings is 1. The lowest BCUT2D eigenvalue weighted by Crippen LogP contribution is -2.21. The number of aromatic nitrogens is 1. The Balaban J connectivity index is 2.21. The average Bonchev–Trinajstić information content (AvgIpc) is 2.87. The summed E-state index contributed by atoms with van der Waals surface area (Å²) in [7, 11) is 3.73. The van der Waals surface area contributed by atoms with Gasteiger partial charge in [0.25, 0.3) is 0 Å². The molecule has 0 aliphatic carbocycles. The molecule has 0 fully saturated rings. The first kappa shape index (κ1) is 16.1. The molecule has 0 bridgehead atoms. The maximum atomic E-state index is 5.44. The number of nitrogens with one attached hydrogen (secondary N) is 1. The topological polar surface area (TPSA) is 26.2 Å². The Morgan fingerprint density at radius 1 is 1.29 bits per heavy atom. The Bertz CT molecular complexity index is 592. The van der Waals surface area contributed by atoms with Gasteiger partial charge in [0.1, 0.15) is 5.75 Å². The van der Waals surface area contributed by atoms with Crippen LogP contribution in [0, 0.1) is 5.92 Å². The van der Waals surface area contributed by atoms with E-state index in [1.807, 2.05) is 19.2 Å². The van der Waals surface area contributed by atoms with Gasteiger partial charge in [-0.2, -0.15) is 0 Å². The largest absolute Gasteiger partial charge is 0.496 e. The van der Waals surface area contributed by atoms with Crippen molar-refractivity contribution in [3.05, 3.63) is 52.3 Å². The number of halogens is 1. The molecule has 0 radical (unpaired) electrons. The fourth-order valence-electron chi connectivity index (χ4n) is 2.69. The molecule has 1 N–H and O–H groups in total. The lowest BCUT2D eigenvalue weighted by atomic mass is 9.99. The van der Waals surface area contributed by atoms with Crippen molar-refractivity contribution in [2.75, 3.05) is 14.2 Å². The number of ether oxygens (including phenoxy) is 1. The van der Waals surface area contributed by atoms with Crippen LogP contribution in [-0.2, 0) is 6.54 Å². The van der Waals surface area contributed by atoms with Gasteiger partial charge in [-0.05, 0) is 42.8 Å². The summed E-state index contributed by atoms with van der Waals surface area (Å²) in [5.41, 5.74) is 2.49. The van der Waals surface area contributed by atoms with Gasteiger partial charge in [-0.3, -0.25) is 0 Å². The second-order valence-electron chi connectivity index (χ2n) is 5.58. The Hall–Kier alpha value is -1.26. The molecule has 21 heavy (non-hydrogen) atoms. The normalized spacial score (nSPS) is 12.7. The van der Waals surface area contributed by atoms with Gasteiger partial charge < -0.3 is 14.6 Å². The molecule has 1 atom stereocenters. The molecule has 1 unspecified atom stereocenters. The van der Waals surface area contributed by atoms with E-state index in [0.717, 1.165) is 16.8 Å². The Kier molecular flexibility index (Phi) is 5.48. The zero-order valence-electron chi connectivity index (χ0n) is 13.1. The van der Waals surface area contributed by atoms with E-state index < -0.39 is 0 Å². The Morgan fingerprint density at radius 3 is 2.67 bits per heavy atom. The highest BCUT2D eigenvalue weighted by Crippen LogP contribution is 2.25. The third-order valence-corrected chi connectivity index (χ3v) is 4.20. The molecular formula is C17H23BrN2O. The van der Waals surface area contributed by atoms with E-state index in [9.17, 15) is 0 Å². The molecule has 2 rings (SSSR count). The van der Waals surface area contributed by atoms with Crippen LogP contribution in [0.4, 0.5) is 0 Å². The second-order valence-corrected chi connectivity index (χ2v) is 6.50. The second kappa shape index (κ2) is 7.14. The number of methoxy groups -OCH3 is 1. The van der Waals surface area contributed by atoms with Crippen LogP contribution in [0.5, 0.6) is 5.75 Å². The number of hydrogen-bond acceptors (Lipinski definition) is 2. The van der Waals surface area contributed by atoms with Crippen LogP contribution in [-0.4, -0.2) is 18.7 Å². The summed E-state index contributed by atoms with van der Waals surface area (Å²) in [4.78, 5) is 0. The molecule has 1 heterocycles. The molecule has 3 nitrogen and oxygen atoms in total. The minimum atomic E-state index is 0.385. The SMILES string of the molecule is CNC(c1ccn(Cc2cc(Br)ccc2OC)c1)C(C)C. The van der Waals surface area contributed by atoms with Crippen molar-refractivity contribution in [3.63, 3.8) is 0 Å². The Morgan fingerprint density at radius 2 is 2.05 bits per heavy atom. The molecule has 0 saturated carbocycles. The minimum Gasteiger partial charge on any atom is -0.496 e. The van der Waals surface area contributed by atoms with Crippen molar-refractivity contribution in [2.24, 2.45) is 5.92 Å². The number of rotatable bonds is 6. The molecule has 1 aromatic heterocycles. The first-order valence-electron chi connectivity index (χ1n) is 7.20. The van der Waals surface area contributed by atoms with E-state index in [2.05, 4.69) is 64.2 Å². The number of nitrogens with zero attached hydrogens (tertiary/aromatic N) is 1. The van der Waals surface area contributed by atoms with Gasteiger partial charge in [0.2, 0.25) is 0 Å². The highest BCUT2D eigenvalue weighted by Gasteiger charge is 2.14. The Labute approximate surface area is 135 Å². The standard InChI is InChI=1S/C17H23BrN2O/c1-12(2)17(19-3)13-7-8-20(10-13)11-14-9-15(18)5-6-16(14)21-4/h5-10,12,17,19H,11H2,1-4H3. The molecule has 0 saturated heterocycles. The van der Waals surface area contributed by atoms with Crippen LogP contribution in [0.25, 0.3) is 0 Å². The average molecular weight is 351 g/mol. The highest BCUT2D eigenvalue weighted by molar-refractivity contribution is 9.10. The maximum Gasteiger partial charge on any atom is 0.123 e. The minimum absolute atomic E-state index is 0.385. The molecule has 0 aliphatic rings. The number of hydrogen-bond donors (Lipinski definition) is 1. The van der Waals surface area contributed by atoms with Gasteiger partial charge in [0.15, 0.2) is 0 Å². The van der Waals surface area contributed by atoms with E-state index >= 15 is 0 Å². The van der Waals surface area contributed by atoms with E-state index in [1.165, 1.54) is 11.1 Å². The molecule has 114 valence electrons. The quantitative estimate of drug-likeness (QED) is 0.843. The summed E-state index contributed by atoms with van der Waals surface area (Å²) in [6.45, 7) is 5.27. The van der Waals surface area contributed by atoms with Crippen molar-refractivity contribution in [3.8, 4) is 5.75 Å². The van der Waals surface area contributed by atoms with Gasteiger partial charge in [0.05, 0.1) is 13.7 Å². The third-order valence-electron chi connectivity index (χ3n) is 3.71. The zero-order valence-corrected chi connectivity index (χ0v) is 14.6. The predicted octanol–water partition coefficient (Wildman–Crippen LogP) is 4.22. The molecule has 4 heteroatoms. The first-order chi connectivity index (χ1) is 10.0. The molecule has 0 amide bonds. The van der Waals surface area contributed by atoms with Gasteiger partial charge in [-0.25, -0.2) is 0 Å². The molecular weight excluding hydrogens is 328 g/mol. The lowest BCUT2D eigenvalue weighted by molar-refractivity contribution is 0.408. The summed E-state index contributed by atoms with van der Waals surface area (Å²) in [6.07, 6.45) is 4.34.